The lowest BCUT2D eigenvalue weighted by atomic mass is 10.1. The third-order valence-corrected chi connectivity index (χ3v) is 3.85. The fraction of sp³-hybridized carbons (Fsp3) is 0.150. The van der Waals surface area contributed by atoms with Gasteiger partial charge in [-0.3, -0.25) is 4.79 Å². The van der Waals surface area contributed by atoms with Crippen molar-refractivity contribution in [1.82, 2.24) is 0 Å². The summed E-state index contributed by atoms with van der Waals surface area (Å²) in [7, 11) is 0. The Labute approximate surface area is 135 Å². The molecule has 0 amide bonds. The van der Waals surface area contributed by atoms with E-state index in [2.05, 4.69) is 29.6 Å². The van der Waals surface area contributed by atoms with E-state index in [1.807, 2.05) is 30.3 Å². The van der Waals surface area contributed by atoms with E-state index in [-0.39, 0.29) is 5.43 Å². The molecule has 0 bridgehead atoms. The van der Waals surface area contributed by atoms with Gasteiger partial charge in [-0.1, -0.05) is 42.5 Å². The van der Waals surface area contributed by atoms with Crippen molar-refractivity contribution in [1.29, 1.82) is 0 Å². The summed E-state index contributed by atoms with van der Waals surface area (Å²) < 4.78 is 5.64. The highest BCUT2D eigenvalue weighted by Crippen LogP contribution is 2.21. The molecule has 3 nitrogen and oxygen atoms in total. The second-order valence-electron chi connectivity index (χ2n) is 5.57. The monoisotopic (exact) mass is 305 g/mol. The lowest BCUT2D eigenvalue weighted by Crippen LogP contribution is -2.11. The summed E-state index contributed by atoms with van der Waals surface area (Å²) in [5, 5.41) is 3.30. The number of hydrogen-bond donors (Lipinski definition) is 1. The van der Waals surface area contributed by atoms with Gasteiger partial charge in [0.2, 0.25) is 0 Å². The van der Waals surface area contributed by atoms with Crippen LogP contribution in [0.25, 0.3) is 11.1 Å². The maximum atomic E-state index is 11.8. The molecular weight excluding hydrogens is 286 g/mol. The normalized spacial score (nSPS) is 10.5. The smallest absolute Gasteiger partial charge is 0.188 e. The summed E-state index contributed by atoms with van der Waals surface area (Å²) in [5.74, 6) is 1.32. The van der Waals surface area contributed by atoms with Crippen molar-refractivity contribution in [3.05, 3.63) is 88.0 Å². The third kappa shape index (κ3) is 3.51. The van der Waals surface area contributed by atoms with Crippen molar-refractivity contribution in [3.63, 3.8) is 0 Å². The van der Waals surface area contributed by atoms with Crippen LogP contribution in [0.1, 0.15) is 17.1 Å². The Hall–Kier alpha value is -2.81. The van der Waals surface area contributed by atoms with Gasteiger partial charge in [0.1, 0.15) is 11.5 Å². The molecule has 0 saturated heterocycles. The van der Waals surface area contributed by atoms with Gasteiger partial charge < -0.3 is 9.73 Å². The Bertz CT molecular complexity index is 849. The largest absolute Gasteiger partial charge is 0.464 e. The van der Waals surface area contributed by atoms with E-state index in [9.17, 15) is 4.79 Å². The minimum Gasteiger partial charge on any atom is -0.464 e. The standard InChI is InChI=1S/C20H19NO2/c1-14-12-19(22)15(2)20(23-14)13-21-18-10-8-17(9-11-18)16-6-4-3-5-7-16/h3-12,21H,13H2,1-2H3. The molecule has 0 aliphatic carbocycles. The first kappa shape index (κ1) is 15.1. The van der Waals surface area contributed by atoms with Gasteiger partial charge in [-0.2, -0.15) is 0 Å². The van der Waals surface area contributed by atoms with Crippen LogP contribution in [0.4, 0.5) is 5.69 Å². The zero-order valence-electron chi connectivity index (χ0n) is 13.3. The van der Waals surface area contributed by atoms with Crippen LogP contribution in [0.3, 0.4) is 0 Å². The molecule has 0 aliphatic rings. The van der Waals surface area contributed by atoms with Crippen molar-refractivity contribution in [2.45, 2.75) is 20.4 Å². The van der Waals surface area contributed by atoms with Crippen molar-refractivity contribution in [2.75, 3.05) is 5.32 Å². The maximum absolute atomic E-state index is 11.8. The molecule has 3 aromatic rings. The zero-order chi connectivity index (χ0) is 16.2. The molecule has 0 radical (unpaired) electrons. The fourth-order valence-corrected chi connectivity index (χ4v) is 2.49. The molecule has 3 heteroatoms. The van der Waals surface area contributed by atoms with Crippen LogP contribution in [0, 0.1) is 13.8 Å². The third-order valence-electron chi connectivity index (χ3n) is 3.85. The van der Waals surface area contributed by atoms with Crippen LogP contribution in [0.5, 0.6) is 0 Å². The summed E-state index contributed by atoms with van der Waals surface area (Å²) in [6, 6.07) is 20.0. The molecule has 0 aliphatic heterocycles. The van der Waals surface area contributed by atoms with Gasteiger partial charge in [0, 0.05) is 17.3 Å². The number of benzene rings is 2. The molecule has 0 unspecified atom stereocenters. The van der Waals surface area contributed by atoms with Gasteiger partial charge in [0.15, 0.2) is 5.43 Å². The van der Waals surface area contributed by atoms with E-state index in [0.717, 1.165) is 5.69 Å². The summed E-state index contributed by atoms with van der Waals surface area (Å²) in [5.41, 5.74) is 4.04. The maximum Gasteiger partial charge on any atom is 0.188 e. The molecule has 0 atom stereocenters. The number of nitrogens with one attached hydrogen (secondary N) is 1. The Morgan fingerprint density at radius 1 is 0.913 bits per heavy atom. The molecule has 0 saturated carbocycles. The predicted octanol–water partition coefficient (Wildman–Crippen LogP) is 4.54. The SMILES string of the molecule is Cc1cc(=O)c(C)c(CNc2ccc(-c3ccccc3)cc2)o1. The summed E-state index contributed by atoms with van der Waals surface area (Å²) in [6.45, 7) is 4.08. The molecule has 23 heavy (non-hydrogen) atoms. The van der Waals surface area contributed by atoms with Crippen molar-refractivity contribution < 1.29 is 4.42 Å². The molecule has 1 aromatic heterocycles. The molecule has 1 heterocycles. The minimum atomic E-state index is 0.0185. The number of hydrogen-bond acceptors (Lipinski definition) is 3. The second kappa shape index (κ2) is 6.53. The van der Waals surface area contributed by atoms with E-state index < -0.39 is 0 Å². The van der Waals surface area contributed by atoms with Crippen molar-refractivity contribution >= 4 is 5.69 Å². The zero-order valence-corrected chi connectivity index (χ0v) is 13.3. The predicted molar refractivity (Wildman–Crippen MR) is 93.7 cm³/mol. The average molecular weight is 305 g/mol. The van der Waals surface area contributed by atoms with E-state index in [1.165, 1.54) is 17.2 Å². The van der Waals surface area contributed by atoms with Crippen LogP contribution in [0.2, 0.25) is 0 Å². The molecule has 0 fully saturated rings. The van der Waals surface area contributed by atoms with E-state index in [1.54, 1.807) is 13.8 Å². The van der Waals surface area contributed by atoms with Crippen LogP contribution in [-0.2, 0) is 6.54 Å². The van der Waals surface area contributed by atoms with Crippen LogP contribution < -0.4 is 10.7 Å². The van der Waals surface area contributed by atoms with Gasteiger partial charge in [-0.15, -0.1) is 0 Å². The van der Waals surface area contributed by atoms with Gasteiger partial charge >= 0.3 is 0 Å². The van der Waals surface area contributed by atoms with Crippen LogP contribution >= 0.6 is 0 Å². The highest BCUT2D eigenvalue weighted by Gasteiger charge is 2.06. The van der Waals surface area contributed by atoms with Crippen molar-refractivity contribution in [2.24, 2.45) is 0 Å². The first-order valence-electron chi connectivity index (χ1n) is 7.63. The Morgan fingerprint density at radius 3 is 2.26 bits per heavy atom. The topological polar surface area (TPSA) is 42.2 Å². The molecule has 2 aromatic carbocycles. The molecular formula is C20H19NO2. The number of aryl methyl sites for hydroxylation is 1. The van der Waals surface area contributed by atoms with Crippen molar-refractivity contribution in [3.8, 4) is 11.1 Å². The Kier molecular flexibility index (Phi) is 4.29. The van der Waals surface area contributed by atoms with Gasteiger partial charge in [-0.25, -0.2) is 0 Å². The highest BCUT2D eigenvalue weighted by atomic mass is 16.3. The Morgan fingerprint density at radius 2 is 1.57 bits per heavy atom. The quantitative estimate of drug-likeness (QED) is 0.769. The van der Waals surface area contributed by atoms with E-state index in [4.69, 9.17) is 4.42 Å². The lowest BCUT2D eigenvalue weighted by molar-refractivity contribution is 0.465. The second-order valence-corrected chi connectivity index (χ2v) is 5.57. The molecule has 3 rings (SSSR count). The minimum absolute atomic E-state index is 0.0185. The fourth-order valence-electron chi connectivity index (χ4n) is 2.49. The highest BCUT2D eigenvalue weighted by molar-refractivity contribution is 5.65. The lowest BCUT2D eigenvalue weighted by Gasteiger charge is -2.09. The number of anilines is 1. The number of rotatable bonds is 4. The summed E-state index contributed by atoms with van der Waals surface area (Å²) in [6.07, 6.45) is 0. The van der Waals surface area contributed by atoms with E-state index >= 15 is 0 Å². The van der Waals surface area contributed by atoms with Gasteiger partial charge in [0.05, 0.1) is 6.54 Å². The first-order valence-corrected chi connectivity index (χ1v) is 7.63. The average Bonchev–Trinajstić information content (AvgIpc) is 2.58. The van der Waals surface area contributed by atoms with Crippen LogP contribution in [-0.4, -0.2) is 0 Å². The molecule has 1 N–H and O–H groups in total. The molecule has 0 spiro atoms. The van der Waals surface area contributed by atoms with Crippen LogP contribution in [0.15, 0.2) is 69.9 Å². The van der Waals surface area contributed by atoms with Gasteiger partial charge in [-0.05, 0) is 37.1 Å². The van der Waals surface area contributed by atoms with E-state index in [0.29, 0.717) is 23.6 Å². The molecule has 116 valence electrons. The summed E-state index contributed by atoms with van der Waals surface area (Å²) >= 11 is 0. The Balaban J connectivity index is 1.74. The summed E-state index contributed by atoms with van der Waals surface area (Å²) in [4.78, 5) is 11.8. The first-order chi connectivity index (χ1) is 11.1. The van der Waals surface area contributed by atoms with Gasteiger partial charge in [0.25, 0.3) is 0 Å².